The molecule has 0 atom stereocenters. The molecule has 0 radical (unpaired) electrons. The first-order valence-electron chi connectivity index (χ1n) is 11.8. The minimum Gasteiger partial charge on any atom is -0.384 e. The molecule has 1 aliphatic heterocycles. The van der Waals surface area contributed by atoms with Crippen molar-refractivity contribution in [3.05, 3.63) is 77.1 Å². The maximum absolute atomic E-state index is 12.6. The Bertz CT molecular complexity index is 958. The van der Waals surface area contributed by atoms with Gasteiger partial charge in [0.05, 0.1) is 23.5 Å². The van der Waals surface area contributed by atoms with E-state index < -0.39 is 11.7 Å². The monoisotopic (exact) mass is 506 g/mol. The molecule has 35 heavy (non-hydrogen) atoms. The number of rotatable bonds is 10. The second-order valence-electron chi connectivity index (χ2n) is 8.95. The van der Waals surface area contributed by atoms with Gasteiger partial charge in [0, 0.05) is 29.9 Å². The second-order valence-corrected chi connectivity index (χ2v) is 10.3. The predicted octanol–water partition coefficient (Wildman–Crippen LogP) is 6.19. The molecular weight excluding hydrogens is 473 g/mol. The topological polar surface area (TPSA) is 76.4 Å². The van der Waals surface area contributed by atoms with Crippen LogP contribution in [0.2, 0.25) is 0 Å². The standard InChI is InChI=1S/C25H33F3N6S/c1-18(2)35-33-22-5-3-4-19(6-8-22)20-10-12-34(13-11-20)17-24(32-29)16-30-15-23-9-7-21(14-31-23)25(26,27)28/h3-5,7-9,14,16,18,20,29-30,33H,6,10-13,15,17H2,1-2H3/b24-16-,32-29?. The van der Waals surface area contributed by atoms with Crippen LogP contribution in [0.5, 0.6) is 0 Å². The zero-order valence-corrected chi connectivity index (χ0v) is 20.9. The van der Waals surface area contributed by atoms with Gasteiger partial charge >= 0.3 is 6.18 Å². The van der Waals surface area contributed by atoms with Crippen LogP contribution < -0.4 is 10.0 Å². The Morgan fingerprint density at radius 1 is 1.31 bits per heavy atom. The minimum absolute atomic E-state index is 0.265. The summed E-state index contributed by atoms with van der Waals surface area (Å²) in [5.74, 6) is 0.550. The van der Waals surface area contributed by atoms with E-state index in [4.69, 9.17) is 5.53 Å². The van der Waals surface area contributed by atoms with Crippen molar-refractivity contribution in [2.75, 3.05) is 19.6 Å². The third-order valence-corrected chi connectivity index (χ3v) is 6.73. The lowest BCUT2D eigenvalue weighted by atomic mass is 9.87. The quantitative estimate of drug-likeness (QED) is 0.261. The molecule has 0 aromatic carbocycles. The van der Waals surface area contributed by atoms with Gasteiger partial charge in [0.25, 0.3) is 0 Å². The SMILES string of the molecule is CC(C)SNC1=CCC(C2CCN(C/C(=C/NCc3ccc(C(F)(F)F)cn3)N=N)CC2)=CC=C1. The van der Waals surface area contributed by atoms with Crippen molar-refractivity contribution in [1.29, 1.82) is 5.53 Å². The highest BCUT2D eigenvalue weighted by Crippen LogP contribution is 2.30. The van der Waals surface area contributed by atoms with Crippen LogP contribution >= 0.6 is 11.9 Å². The molecule has 1 saturated heterocycles. The maximum Gasteiger partial charge on any atom is 0.417 e. The summed E-state index contributed by atoms with van der Waals surface area (Å²) >= 11 is 1.72. The van der Waals surface area contributed by atoms with Gasteiger partial charge in [-0.3, -0.25) is 9.88 Å². The van der Waals surface area contributed by atoms with Gasteiger partial charge in [-0.25, -0.2) is 5.53 Å². The molecule has 0 bridgehead atoms. The van der Waals surface area contributed by atoms with Gasteiger partial charge < -0.3 is 10.0 Å². The van der Waals surface area contributed by atoms with E-state index in [1.54, 1.807) is 18.1 Å². The summed E-state index contributed by atoms with van der Waals surface area (Å²) in [6.45, 7) is 7.01. The van der Waals surface area contributed by atoms with E-state index in [1.165, 1.54) is 11.6 Å². The lowest BCUT2D eigenvalue weighted by molar-refractivity contribution is -0.137. The van der Waals surface area contributed by atoms with Crippen molar-refractivity contribution in [3.63, 3.8) is 0 Å². The zero-order chi connectivity index (χ0) is 25.3. The average Bonchev–Trinajstić information content (AvgIpc) is 3.08. The van der Waals surface area contributed by atoms with Crippen LogP contribution in [0, 0.1) is 11.4 Å². The molecule has 1 fully saturated rings. The van der Waals surface area contributed by atoms with Crippen LogP contribution in [0.3, 0.4) is 0 Å². The molecule has 0 unspecified atom stereocenters. The summed E-state index contributed by atoms with van der Waals surface area (Å²) in [6, 6.07) is 2.37. The Labute approximate surface area is 209 Å². The van der Waals surface area contributed by atoms with E-state index in [9.17, 15) is 13.2 Å². The number of alkyl halides is 3. The summed E-state index contributed by atoms with van der Waals surface area (Å²) in [5.41, 5.74) is 10.4. The highest BCUT2D eigenvalue weighted by Gasteiger charge is 2.30. The van der Waals surface area contributed by atoms with Crippen molar-refractivity contribution in [1.82, 2.24) is 19.9 Å². The molecule has 190 valence electrons. The molecule has 1 aromatic heterocycles. The number of likely N-dealkylation sites (tertiary alicyclic amines) is 1. The molecular formula is C25H33F3N6S. The van der Waals surface area contributed by atoms with E-state index >= 15 is 0 Å². The molecule has 0 saturated carbocycles. The minimum atomic E-state index is -4.39. The molecule has 0 spiro atoms. The molecule has 1 aliphatic carbocycles. The Morgan fingerprint density at radius 3 is 2.71 bits per heavy atom. The summed E-state index contributed by atoms with van der Waals surface area (Å²) < 4.78 is 41.4. The summed E-state index contributed by atoms with van der Waals surface area (Å²) in [7, 11) is 0. The van der Waals surface area contributed by atoms with Crippen molar-refractivity contribution in [2.24, 2.45) is 11.0 Å². The normalized spacial score (nSPS) is 18.2. The van der Waals surface area contributed by atoms with Crippen LogP contribution in [0.1, 0.15) is 44.4 Å². The van der Waals surface area contributed by atoms with Gasteiger partial charge in [0.1, 0.15) is 0 Å². The summed E-state index contributed by atoms with van der Waals surface area (Å²) in [5, 5.41) is 7.16. The van der Waals surface area contributed by atoms with Gasteiger partial charge in [-0.15, -0.1) is 0 Å². The average molecular weight is 507 g/mol. The van der Waals surface area contributed by atoms with Crippen molar-refractivity contribution >= 4 is 11.9 Å². The van der Waals surface area contributed by atoms with Crippen LogP contribution in [0.25, 0.3) is 0 Å². The summed E-state index contributed by atoms with van der Waals surface area (Å²) in [4.78, 5) is 6.13. The van der Waals surface area contributed by atoms with E-state index in [0.717, 1.165) is 50.3 Å². The molecule has 0 amide bonds. The van der Waals surface area contributed by atoms with Crippen LogP contribution in [-0.4, -0.2) is 34.8 Å². The number of piperidine rings is 1. The van der Waals surface area contributed by atoms with E-state index in [2.05, 4.69) is 63.2 Å². The second kappa shape index (κ2) is 12.9. The molecule has 1 aromatic rings. The summed E-state index contributed by atoms with van der Waals surface area (Å²) in [6.07, 6.45) is 9.91. The number of halogens is 3. The molecule has 2 heterocycles. The van der Waals surface area contributed by atoms with Crippen LogP contribution in [-0.2, 0) is 12.7 Å². The Morgan fingerprint density at radius 2 is 2.09 bits per heavy atom. The number of nitrogens with one attached hydrogen (secondary N) is 3. The Balaban J connectivity index is 1.43. The Hall–Kier alpha value is -2.59. The predicted molar refractivity (Wildman–Crippen MR) is 134 cm³/mol. The smallest absolute Gasteiger partial charge is 0.384 e. The van der Waals surface area contributed by atoms with Crippen LogP contribution in [0.15, 0.2) is 70.9 Å². The zero-order valence-electron chi connectivity index (χ0n) is 20.1. The fraction of sp³-hybridized carbons (Fsp3) is 0.480. The fourth-order valence-corrected chi connectivity index (χ4v) is 4.50. The third kappa shape index (κ3) is 8.85. The first kappa shape index (κ1) is 27.0. The highest BCUT2D eigenvalue weighted by molar-refractivity contribution is 7.98. The molecule has 10 heteroatoms. The maximum atomic E-state index is 12.6. The van der Waals surface area contributed by atoms with Gasteiger partial charge in [-0.2, -0.15) is 18.3 Å². The number of hydrogen-bond acceptors (Lipinski definition) is 7. The van der Waals surface area contributed by atoms with Gasteiger partial charge in [-0.05, 0) is 68.4 Å². The van der Waals surface area contributed by atoms with Gasteiger partial charge in [0.2, 0.25) is 0 Å². The number of pyridine rings is 1. The van der Waals surface area contributed by atoms with E-state index in [0.29, 0.717) is 29.1 Å². The molecule has 6 nitrogen and oxygen atoms in total. The fourth-order valence-electron chi connectivity index (χ4n) is 3.98. The molecule has 3 rings (SSSR count). The first-order chi connectivity index (χ1) is 16.7. The van der Waals surface area contributed by atoms with Crippen molar-refractivity contribution in [3.8, 4) is 0 Å². The van der Waals surface area contributed by atoms with E-state index in [1.807, 2.05) is 0 Å². The third-order valence-electron chi connectivity index (χ3n) is 5.90. The number of hydrogen-bond donors (Lipinski definition) is 3. The van der Waals surface area contributed by atoms with Gasteiger partial charge in [-0.1, -0.05) is 37.6 Å². The van der Waals surface area contributed by atoms with Crippen LogP contribution in [0.4, 0.5) is 13.2 Å². The first-order valence-corrected chi connectivity index (χ1v) is 12.7. The lowest BCUT2D eigenvalue weighted by Gasteiger charge is -2.32. The number of allylic oxidation sites excluding steroid dienone is 5. The largest absolute Gasteiger partial charge is 0.417 e. The highest BCUT2D eigenvalue weighted by atomic mass is 32.2. The van der Waals surface area contributed by atoms with Crippen molar-refractivity contribution in [2.45, 2.75) is 51.1 Å². The van der Waals surface area contributed by atoms with Gasteiger partial charge in [0.15, 0.2) is 0 Å². The van der Waals surface area contributed by atoms with Crippen molar-refractivity contribution < 1.29 is 13.2 Å². The number of nitrogens with zero attached hydrogens (tertiary/aromatic N) is 3. The number of aromatic nitrogens is 1. The lowest BCUT2D eigenvalue weighted by Crippen LogP contribution is -2.35. The Kier molecular flexibility index (Phi) is 9.97. The van der Waals surface area contributed by atoms with E-state index in [-0.39, 0.29) is 6.54 Å². The molecule has 2 aliphatic rings. The molecule has 3 N–H and O–H groups in total.